The maximum atomic E-state index is 13.0. The summed E-state index contributed by atoms with van der Waals surface area (Å²) in [5, 5.41) is 0. The first-order valence-corrected chi connectivity index (χ1v) is 10.5. The van der Waals surface area contributed by atoms with Crippen molar-refractivity contribution in [2.45, 2.75) is 25.9 Å². The van der Waals surface area contributed by atoms with E-state index in [-0.39, 0.29) is 29.5 Å². The number of piperazine rings is 1. The molecule has 0 aromatic carbocycles. The van der Waals surface area contributed by atoms with Crippen LogP contribution in [0.25, 0.3) is 0 Å². The van der Waals surface area contributed by atoms with Crippen molar-refractivity contribution in [2.75, 3.05) is 38.2 Å². The van der Waals surface area contributed by atoms with Crippen LogP contribution in [-0.2, 0) is 9.84 Å². The molecule has 3 rings (SSSR count). The molecule has 0 radical (unpaired) electrons. The number of aromatic nitrogens is 1. The second-order valence-electron chi connectivity index (χ2n) is 7.07. The second kappa shape index (κ2) is 7.36. The van der Waals surface area contributed by atoms with Gasteiger partial charge in [-0.1, -0.05) is 11.6 Å². The molecule has 3 heterocycles. The fraction of sp³-hybridized carbons (Fsp3) is 0.556. The molecule has 1 aromatic rings. The Bertz CT molecular complexity index is 817. The van der Waals surface area contributed by atoms with Gasteiger partial charge in [0.15, 0.2) is 9.84 Å². The zero-order valence-electron chi connectivity index (χ0n) is 15.4. The summed E-state index contributed by atoms with van der Waals surface area (Å²) in [5.74, 6) is 0.336. The van der Waals surface area contributed by atoms with Crippen molar-refractivity contribution < 1.29 is 17.9 Å². The standard InChI is InChI=1S/C18H25N3O4S/c1-13(2)5-7-20-8-9-21(16-12-26(23,24)11-15(16)20)18(22)14-4-6-19-17(10-14)25-3/h4-6,10,15-16H,7-9,11-12H2,1-3H3. The maximum absolute atomic E-state index is 13.0. The average molecular weight is 379 g/mol. The first kappa shape index (κ1) is 18.8. The molecule has 2 saturated heterocycles. The Morgan fingerprint density at radius 3 is 2.73 bits per heavy atom. The van der Waals surface area contributed by atoms with E-state index in [0.29, 0.717) is 31.1 Å². The molecule has 0 bridgehead atoms. The van der Waals surface area contributed by atoms with Crippen molar-refractivity contribution in [2.24, 2.45) is 0 Å². The fourth-order valence-electron chi connectivity index (χ4n) is 3.62. The summed E-state index contributed by atoms with van der Waals surface area (Å²) < 4.78 is 29.6. The van der Waals surface area contributed by atoms with E-state index in [2.05, 4.69) is 16.0 Å². The number of carbonyl (C=O) groups excluding carboxylic acids is 1. The Balaban J connectivity index is 1.85. The molecule has 2 aliphatic heterocycles. The Labute approximate surface area is 154 Å². The molecule has 26 heavy (non-hydrogen) atoms. The predicted octanol–water partition coefficient (Wildman–Crippen LogP) is 0.980. The molecule has 2 aliphatic rings. The minimum Gasteiger partial charge on any atom is -0.481 e. The lowest BCUT2D eigenvalue weighted by Crippen LogP contribution is -2.60. The lowest BCUT2D eigenvalue weighted by molar-refractivity contribution is 0.0368. The number of methoxy groups -OCH3 is 1. The molecule has 0 aliphatic carbocycles. The zero-order chi connectivity index (χ0) is 18.9. The van der Waals surface area contributed by atoms with E-state index in [9.17, 15) is 13.2 Å². The van der Waals surface area contributed by atoms with Crippen molar-refractivity contribution in [3.05, 3.63) is 35.5 Å². The van der Waals surface area contributed by atoms with Crippen LogP contribution in [0.1, 0.15) is 24.2 Å². The van der Waals surface area contributed by atoms with Gasteiger partial charge in [-0.2, -0.15) is 0 Å². The number of pyridine rings is 1. The van der Waals surface area contributed by atoms with Crippen LogP contribution in [0.15, 0.2) is 30.0 Å². The Morgan fingerprint density at radius 1 is 1.31 bits per heavy atom. The monoisotopic (exact) mass is 379 g/mol. The van der Waals surface area contributed by atoms with Gasteiger partial charge < -0.3 is 9.64 Å². The van der Waals surface area contributed by atoms with Crippen molar-refractivity contribution in [3.63, 3.8) is 0 Å². The van der Waals surface area contributed by atoms with Gasteiger partial charge in [0.05, 0.1) is 24.7 Å². The average Bonchev–Trinajstić information content (AvgIpc) is 2.94. The van der Waals surface area contributed by atoms with E-state index in [1.54, 1.807) is 17.0 Å². The lowest BCUT2D eigenvalue weighted by Gasteiger charge is -2.43. The lowest BCUT2D eigenvalue weighted by atomic mass is 10.0. The highest BCUT2D eigenvalue weighted by atomic mass is 32.2. The zero-order valence-corrected chi connectivity index (χ0v) is 16.2. The number of hydrogen-bond donors (Lipinski definition) is 0. The molecular formula is C18H25N3O4S. The van der Waals surface area contributed by atoms with E-state index in [1.807, 2.05) is 13.8 Å². The van der Waals surface area contributed by atoms with Crippen molar-refractivity contribution >= 4 is 15.7 Å². The third-order valence-electron chi connectivity index (χ3n) is 4.98. The molecule has 142 valence electrons. The number of nitrogens with zero attached hydrogens (tertiary/aromatic N) is 3. The van der Waals surface area contributed by atoms with Crippen LogP contribution in [0, 0.1) is 0 Å². The Hall–Kier alpha value is -1.93. The number of sulfone groups is 1. The van der Waals surface area contributed by atoms with Crippen LogP contribution in [0.5, 0.6) is 5.88 Å². The number of allylic oxidation sites excluding steroid dienone is 1. The molecule has 0 spiro atoms. The molecule has 7 nitrogen and oxygen atoms in total. The third kappa shape index (κ3) is 3.91. The van der Waals surface area contributed by atoms with Crippen molar-refractivity contribution in [1.82, 2.24) is 14.8 Å². The van der Waals surface area contributed by atoms with Crippen molar-refractivity contribution in [1.29, 1.82) is 0 Å². The number of rotatable bonds is 4. The van der Waals surface area contributed by atoms with Crippen LogP contribution in [0.2, 0.25) is 0 Å². The van der Waals surface area contributed by atoms with Crippen LogP contribution in [0.4, 0.5) is 0 Å². The summed E-state index contributed by atoms with van der Waals surface area (Å²) in [6.07, 6.45) is 3.63. The highest BCUT2D eigenvalue weighted by Crippen LogP contribution is 2.28. The van der Waals surface area contributed by atoms with Crippen LogP contribution in [-0.4, -0.2) is 79.4 Å². The molecule has 2 atom stereocenters. The molecule has 2 unspecified atom stereocenters. The third-order valence-corrected chi connectivity index (χ3v) is 6.68. The van der Waals surface area contributed by atoms with Crippen LogP contribution < -0.4 is 4.74 Å². The first-order valence-electron chi connectivity index (χ1n) is 8.69. The maximum Gasteiger partial charge on any atom is 0.254 e. The predicted molar refractivity (Wildman–Crippen MR) is 99.1 cm³/mol. The van der Waals surface area contributed by atoms with E-state index in [0.717, 1.165) is 0 Å². The summed E-state index contributed by atoms with van der Waals surface area (Å²) in [6, 6.07) is 2.76. The minimum absolute atomic E-state index is 0.0247. The molecule has 2 fully saturated rings. The Kier molecular flexibility index (Phi) is 5.34. The summed E-state index contributed by atoms with van der Waals surface area (Å²) >= 11 is 0. The highest BCUT2D eigenvalue weighted by Gasteiger charge is 2.47. The van der Waals surface area contributed by atoms with Gasteiger partial charge in [-0.3, -0.25) is 9.69 Å². The van der Waals surface area contributed by atoms with Crippen molar-refractivity contribution in [3.8, 4) is 5.88 Å². The van der Waals surface area contributed by atoms with Gasteiger partial charge in [0.25, 0.3) is 5.91 Å². The van der Waals surface area contributed by atoms with E-state index in [1.165, 1.54) is 18.9 Å². The summed E-state index contributed by atoms with van der Waals surface area (Å²) in [4.78, 5) is 20.9. The minimum atomic E-state index is -3.16. The number of carbonyl (C=O) groups is 1. The molecule has 0 N–H and O–H groups in total. The molecule has 8 heteroatoms. The Morgan fingerprint density at radius 2 is 2.04 bits per heavy atom. The number of ether oxygens (including phenoxy) is 1. The van der Waals surface area contributed by atoms with Gasteiger partial charge in [-0.15, -0.1) is 0 Å². The SMILES string of the molecule is COc1cc(C(=O)N2CCN(CC=C(C)C)C3CS(=O)(=O)CC32)ccn1. The topological polar surface area (TPSA) is 79.8 Å². The fourth-order valence-corrected chi connectivity index (χ4v) is 5.64. The largest absolute Gasteiger partial charge is 0.481 e. The normalized spacial score (nSPS) is 24.8. The number of hydrogen-bond acceptors (Lipinski definition) is 6. The van der Waals surface area contributed by atoms with Gasteiger partial charge in [0.1, 0.15) is 0 Å². The van der Waals surface area contributed by atoms with Gasteiger partial charge in [-0.05, 0) is 19.9 Å². The summed E-state index contributed by atoms with van der Waals surface area (Å²) in [5.41, 5.74) is 1.67. The number of fused-ring (bicyclic) bond motifs is 1. The van der Waals surface area contributed by atoms with Gasteiger partial charge >= 0.3 is 0 Å². The molecule has 0 saturated carbocycles. The molecular weight excluding hydrogens is 354 g/mol. The summed E-state index contributed by atoms with van der Waals surface area (Å²) in [7, 11) is -1.66. The second-order valence-corrected chi connectivity index (χ2v) is 9.23. The molecule has 1 amide bonds. The van der Waals surface area contributed by atoms with E-state index in [4.69, 9.17) is 4.74 Å². The smallest absolute Gasteiger partial charge is 0.254 e. The first-order chi connectivity index (χ1) is 12.3. The van der Waals surface area contributed by atoms with Gasteiger partial charge in [-0.25, -0.2) is 13.4 Å². The molecule has 1 aromatic heterocycles. The van der Waals surface area contributed by atoms with Gasteiger partial charge in [0, 0.05) is 43.5 Å². The van der Waals surface area contributed by atoms with Crippen LogP contribution >= 0.6 is 0 Å². The summed E-state index contributed by atoms with van der Waals surface area (Å²) in [6.45, 7) is 5.94. The van der Waals surface area contributed by atoms with E-state index >= 15 is 0 Å². The number of amides is 1. The highest BCUT2D eigenvalue weighted by molar-refractivity contribution is 7.91. The van der Waals surface area contributed by atoms with Crippen LogP contribution in [0.3, 0.4) is 0 Å². The van der Waals surface area contributed by atoms with Gasteiger partial charge in [0.2, 0.25) is 5.88 Å². The van der Waals surface area contributed by atoms with E-state index < -0.39 is 9.84 Å². The quantitative estimate of drug-likeness (QED) is 0.726.